The minimum Gasteiger partial charge on any atom is -0.335 e. The highest BCUT2D eigenvalue weighted by Crippen LogP contribution is 2.75. The number of aryl methyl sites for hydroxylation is 1. The van der Waals surface area contributed by atoms with Gasteiger partial charge in [0.2, 0.25) is 5.91 Å². The third-order valence-corrected chi connectivity index (χ3v) is 8.33. The molecule has 2 aromatic carbocycles. The summed E-state index contributed by atoms with van der Waals surface area (Å²) >= 11 is 12.6. The predicted octanol–water partition coefficient (Wildman–Crippen LogP) is 5.80. The SMILES string of the molecule is Cc1ccc2c(cnn2CC23CC(C(=O)N4CCC4c4cccc(Cl)c4Cl)(C2)C3)c1. The van der Waals surface area contributed by atoms with E-state index in [-0.39, 0.29) is 16.9 Å². The first kappa shape index (κ1) is 18.7. The van der Waals surface area contributed by atoms with Crippen molar-refractivity contribution >= 4 is 40.0 Å². The summed E-state index contributed by atoms with van der Waals surface area (Å²) in [6.45, 7) is 3.81. The minimum absolute atomic E-state index is 0.0620. The molecular formula is C24H23Cl2N3O. The zero-order valence-corrected chi connectivity index (χ0v) is 18.4. The van der Waals surface area contributed by atoms with Crippen LogP contribution in [0.3, 0.4) is 0 Å². The van der Waals surface area contributed by atoms with Crippen LogP contribution in [0.15, 0.2) is 42.6 Å². The molecule has 4 aliphatic rings. The monoisotopic (exact) mass is 439 g/mol. The van der Waals surface area contributed by atoms with Crippen LogP contribution in [0.4, 0.5) is 0 Å². The van der Waals surface area contributed by atoms with Crippen LogP contribution in [-0.4, -0.2) is 27.1 Å². The van der Waals surface area contributed by atoms with Crippen LogP contribution in [0, 0.1) is 17.8 Å². The summed E-state index contributed by atoms with van der Waals surface area (Å²) in [5, 5.41) is 6.95. The van der Waals surface area contributed by atoms with Gasteiger partial charge in [-0.25, -0.2) is 0 Å². The molecule has 0 spiro atoms. The van der Waals surface area contributed by atoms with Gasteiger partial charge < -0.3 is 4.90 Å². The number of fused-ring (bicyclic) bond motifs is 1. The standard InChI is InChI=1S/C24H23Cl2N3O/c1-15-5-6-19-16(9-15)10-27-29(19)14-23-11-24(12-23,13-23)22(30)28-8-7-20(28)17-3-2-4-18(25)21(17)26/h2-6,9-10,20H,7-8,11-14H2,1H3. The van der Waals surface area contributed by atoms with E-state index < -0.39 is 0 Å². The van der Waals surface area contributed by atoms with Gasteiger partial charge in [-0.2, -0.15) is 5.10 Å². The maximum Gasteiger partial charge on any atom is 0.229 e. The molecule has 6 heteroatoms. The predicted molar refractivity (Wildman–Crippen MR) is 119 cm³/mol. The Balaban J connectivity index is 1.16. The van der Waals surface area contributed by atoms with E-state index in [1.807, 2.05) is 23.2 Å². The van der Waals surface area contributed by atoms with Crippen molar-refractivity contribution < 1.29 is 4.79 Å². The second kappa shape index (κ2) is 6.24. The second-order valence-corrected chi connectivity index (χ2v) is 10.4. The number of carbonyl (C=O) groups excluding carboxylic acids is 1. The van der Waals surface area contributed by atoms with Crippen molar-refractivity contribution in [1.29, 1.82) is 0 Å². The fourth-order valence-corrected chi connectivity index (χ4v) is 6.51. The summed E-state index contributed by atoms with van der Waals surface area (Å²) in [6.07, 6.45) is 5.81. The first-order valence-corrected chi connectivity index (χ1v) is 11.3. The number of amides is 1. The molecule has 4 fully saturated rings. The van der Waals surface area contributed by atoms with Crippen LogP contribution in [0.5, 0.6) is 0 Å². The fourth-order valence-electron chi connectivity index (χ4n) is 6.08. The molecule has 1 aromatic heterocycles. The van der Waals surface area contributed by atoms with Gasteiger partial charge in [0.1, 0.15) is 0 Å². The van der Waals surface area contributed by atoms with Gasteiger partial charge in [0.15, 0.2) is 0 Å². The Kier molecular flexibility index (Phi) is 3.89. The fraction of sp³-hybridized carbons (Fsp3) is 0.417. The van der Waals surface area contributed by atoms with Gasteiger partial charge in [-0.15, -0.1) is 0 Å². The lowest BCUT2D eigenvalue weighted by Crippen LogP contribution is -2.70. The molecule has 1 atom stereocenters. The van der Waals surface area contributed by atoms with Gasteiger partial charge in [-0.05, 0) is 61.8 Å². The summed E-state index contributed by atoms with van der Waals surface area (Å²) in [7, 11) is 0. The normalized spacial score (nSPS) is 29.3. The molecule has 2 heterocycles. The topological polar surface area (TPSA) is 38.1 Å². The molecule has 3 saturated carbocycles. The first-order valence-electron chi connectivity index (χ1n) is 10.6. The Morgan fingerprint density at radius 3 is 2.73 bits per heavy atom. The zero-order chi connectivity index (χ0) is 20.7. The number of aromatic nitrogens is 2. The van der Waals surface area contributed by atoms with E-state index in [0.717, 1.165) is 44.3 Å². The van der Waals surface area contributed by atoms with Crippen molar-refractivity contribution in [1.82, 2.24) is 14.7 Å². The highest BCUT2D eigenvalue weighted by atomic mass is 35.5. The molecule has 7 rings (SSSR count). The molecule has 0 radical (unpaired) electrons. The lowest BCUT2D eigenvalue weighted by molar-refractivity contribution is -0.227. The van der Waals surface area contributed by atoms with Crippen LogP contribution in [-0.2, 0) is 11.3 Å². The summed E-state index contributed by atoms with van der Waals surface area (Å²) in [5.41, 5.74) is 3.48. The summed E-state index contributed by atoms with van der Waals surface area (Å²) < 4.78 is 2.13. The minimum atomic E-state index is -0.163. The molecule has 30 heavy (non-hydrogen) atoms. The van der Waals surface area contributed by atoms with Gasteiger partial charge in [-0.3, -0.25) is 9.48 Å². The van der Waals surface area contributed by atoms with Gasteiger partial charge in [0.25, 0.3) is 0 Å². The third kappa shape index (κ3) is 2.53. The molecule has 1 aliphatic heterocycles. The molecule has 1 unspecified atom stereocenters. The van der Waals surface area contributed by atoms with Crippen molar-refractivity contribution in [3.63, 3.8) is 0 Å². The highest BCUT2D eigenvalue weighted by Gasteiger charge is 2.72. The van der Waals surface area contributed by atoms with Crippen LogP contribution >= 0.6 is 23.2 Å². The molecular weight excluding hydrogens is 417 g/mol. The van der Waals surface area contributed by atoms with E-state index in [4.69, 9.17) is 23.2 Å². The second-order valence-electron chi connectivity index (χ2n) is 9.62. The maximum absolute atomic E-state index is 13.4. The molecule has 1 amide bonds. The Hall–Kier alpha value is -2.04. The van der Waals surface area contributed by atoms with Crippen molar-refractivity contribution in [2.45, 2.75) is 45.2 Å². The van der Waals surface area contributed by atoms with Gasteiger partial charge >= 0.3 is 0 Å². The average Bonchev–Trinajstić information content (AvgIpc) is 3.01. The van der Waals surface area contributed by atoms with E-state index in [1.165, 1.54) is 16.5 Å². The molecule has 1 saturated heterocycles. The van der Waals surface area contributed by atoms with Crippen molar-refractivity contribution in [2.75, 3.05) is 6.54 Å². The van der Waals surface area contributed by atoms with Crippen LogP contribution in [0.1, 0.15) is 42.9 Å². The molecule has 154 valence electrons. The number of benzene rings is 2. The Bertz CT molecular complexity index is 1180. The van der Waals surface area contributed by atoms with Gasteiger partial charge in [-0.1, -0.05) is 47.0 Å². The number of rotatable bonds is 4. The van der Waals surface area contributed by atoms with E-state index in [9.17, 15) is 4.79 Å². The first-order chi connectivity index (χ1) is 14.4. The van der Waals surface area contributed by atoms with Crippen LogP contribution in [0.2, 0.25) is 10.0 Å². The molecule has 2 bridgehead atoms. The Morgan fingerprint density at radius 1 is 1.20 bits per heavy atom. The third-order valence-electron chi connectivity index (χ3n) is 7.50. The Morgan fingerprint density at radius 2 is 2.00 bits per heavy atom. The number of nitrogens with zero attached hydrogens (tertiary/aromatic N) is 3. The zero-order valence-electron chi connectivity index (χ0n) is 16.9. The summed E-state index contributed by atoms with van der Waals surface area (Å²) in [4.78, 5) is 15.4. The van der Waals surface area contributed by atoms with E-state index >= 15 is 0 Å². The van der Waals surface area contributed by atoms with Crippen molar-refractivity contribution in [2.24, 2.45) is 10.8 Å². The number of hydrogen-bond acceptors (Lipinski definition) is 2. The van der Waals surface area contributed by atoms with E-state index in [0.29, 0.717) is 16.0 Å². The molecule has 4 nitrogen and oxygen atoms in total. The average molecular weight is 440 g/mol. The lowest BCUT2D eigenvalue weighted by Gasteiger charge is -2.70. The lowest BCUT2D eigenvalue weighted by atomic mass is 9.34. The summed E-state index contributed by atoms with van der Waals surface area (Å²) in [5.74, 6) is 0.303. The number of likely N-dealkylation sites (tertiary alicyclic amines) is 1. The smallest absolute Gasteiger partial charge is 0.229 e. The number of halogens is 2. The van der Waals surface area contributed by atoms with Crippen LogP contribution < -0.4 is 0 Å². The maximum atomic E-state index is 13.4. The quantitative estimate of drug-likeness (QED) is 0.515. The van der Waals surface area contributed by atoms with Crippen molar-refractivity contribution in [3.8, 4) is 0 Å². The van der Waals surface area contributed by atoms with E-state index in [2.05, 4.69) is 34.9 Å². The highest BCUT2D eigenvalue weighted by molar-refractivity contribution is 6.42. The molecule has 3 aromatic rings. The number of hydrogen-bond donors (Lipinski definition) is 0. The molecule has 3 aliphatic carbocycles. The van der Waals surface area contributed by atoms with Gasteiger partial charge in [0, 0.05) is 18.5 Å². The van der Waals surface area contributed by atoms with Gasteiger partial charge in [0.05, 0.1) is 33.2 Å². The van der Waals surface area contributed by atoms with E-state index in [1.54, 1.807) is 6.07 Å². The largest absolute Gasteiger partial charge is 0.335 e. The Labute approximate surface area is 185 Å². The van der Waals surface area contributed by atoms with Crippen molar-refractivity contribution in [3.05, 3.63) is 63.8 Å². The number of carbonyl (C=O) groups is 1. The summed E-state index contributed by atoms with van der Waals surface area (Å²) in [6, 6.07) is 12.2. The molecule has 0 N–H and O–H groups in total. The van der Waals surface area contributed by atoms with Crippen LogP contribution in [0.25, 0.3) is 10.9 Å².